The van der Waals surface area contributed by atoms with Gasteiger partial charge in [0.15, 0.2) is 0 Å². The zero-order valence-corrected chi connectivity index (χ0v) is 21.6. The monoisotopic (exact) mass is 474 g/mol. The molecule has 182 valence electrons. The lowest BCUT2D eigenvalue weighted by atomic mass is 9.84. The van der Waals surface area contributed by atoms with Gasteiger partial charge < -0.3 is 15.7 Å². The first-order valence-electron chi connectivity index (χ1n) is 10.0. The highest BCUT2D eigenvalue weighted by Gasteiger charge is 2.36. The zero-order chi connectivity index (χ0) is 24.0. The van der Waals surface area contributed by atoms with Crippen molar-refractivity contribution in [1.82, 2.24) is 9.14 Å². The maximum absolute atomic E-state index is 12.7. The summed E-state index contributed by atoms with van der Waals surface area (Å²) in [7, 11) is -6.66. The van der Waals surface area contributed by atoms with E-state index in [4.69, 9.17) is 19.5 Å². The van der Waals surface area contributed by atoms with Crippen LogP contribution in [0, 0.1) is 10.6 Å². The van der Waals surface area contributed by atoms with Gasteiger partial charge in [-0.3, -0.25) is 13.9 Å². The average molecular weight is 475 g/mol. The van der Waals surface area contributed by atoms with Crippen molar-refractivity contribution >= 4 is 17.8 Å². The van der Waals surface area contributed by atoms with Gasteiger partial charge in [-0.2, -0.15) is 4.31 Å². The number of hydrogen-bond donors (Lipinski definition) is 1. The van der Waals surface area contributed by atoms with Gasteiger partial charge in [0, 0.05) is 18.6 Å². The maximum Gasteiger partial charge on any atom is 0.396 e. The van der Waals surface area contributed by atoms with Crippen molar-refractivity contribution in [3.8, 4) is 0 Å². The molecule has 3 atom stereocenters. The van der Waals surface area contributed by atoms with Crippen molar-refractivity contribution in [2.75, 3.05) is 39.6 Å². The summed E-state index contributed by atoms with van der Waals surface area (Å²) in [5.74, 6) is 0. The van der Waals surface area contributed by atoms with Crippen LogP contribution in [0.2, 0.25) is 0 Å². The van der Waals surface area contributed by atoms with Gasteiger partial charge in [0.1, 0.15) is 0 Å². The number of nitrogens with zero attached hydrogens (tertiary/aromatic N) is 2. The molecule has 12 heteroatoms. The fraction of sp³-hybridized carbons (Fsp3) is 1.00. The highest BCUT2D eigenvalue weighted by molar-refractivity contribution is 7.88. The van der Waals surface area contributed by atoms with Crippen LogP contribution in [-0.4, -0.2) is 74.9 Å². The van der Waals surface area contributed by atoms with Gasteiger partial charge in [0.25, 0.3) is 0 Å². The molecule has 0 radical (unpaired) electrons. The van der Waals surface area contributed by atoms with Crippen molar-refractivity contribution in [2.45, 2.75) is 72.6 Å². The molecular formula is C18H41N3O7PS-. The summed E-state index contributed by atoms with van der Waals surface area (Å²) in [6, 6.07) is 0. The van der Waals surface area contributed by atoms with E-state index in [-0.39, 0.29) is 42.7 Å². The molecule has 0 rings (SSSR count). The van der Waals surface area contributed by atoms with Crippen LogP contribution in [0.15, 0.2) is 0 Å². The number of hydroxylamine groups is 1. The van der Waals surface area contributed by atoms with Gasteiger partial charge in [-0.15, -0.1) is 0 Å². The van der Waals surface area contributed by atoms with Gasteiger partial charge >= 0.3 is 7.75 Å². The van der Waals surface area contributed by atoms with Crippen molar-refractivity contribution in [1.29, 1.82) is 0 Å². The molecule has 30 heavy (non-hydrogen) atoms. The summed E-state index contributed by atoms with van der Waals surface area (Å²) in [4.78, 5) is 0.122. The summed E-state index contributed by atoms with van der Waals surface area (Å²) in [6.07, 6.45) is 0.912. The SMILES string of the molecule is CCC(C)(C)[C@H](C)O[C@H](COP(=O)(OCCN)N(C)[O-])CN(C(C)(C)C)S(C)(=O)=O. The third-order valence-corrected chi connectivity index (χ3v) is 8.24. The third-order valence-electron chi connectivity index (χ3n) is 5.07. The van der Waals surface area contributed by atoms with E-state index >= 15 is 0 Å². The first-order chi connectivity index (χ1) is 13.4. The Morgan fingerprint density at radius 3 is 2.07 bits per heavy atom. The smallest absolute Gasteiger partial charge is 0.396 e. The van der Waals surface area contributed by atoms with Crippen molar-refractivity contribution in [3.05, 3.63) is 5.21 Å². The standard InChI is InChI=1S/C18H41N3O7PS/c1-10-18(6,7)15(2)28-16(13-21(17(3,4)5)30(9,24)25)14-27-29(23,20(8)22)26-12-11-19/h15-16H,10-14,19H2,1-9H3/q-1/t15-,16-,29?/m0/s1. The predicted molar refractivity (Wildman–Crippen MR) is 119 cm³/mol. The van der Waals surface area contributed by atoms with Crippen molar-refractivity contribution in [2.24, 2.45) is 11.1 Å². The van der Waals surface area contributed by atoms with Crippen LogP contribution in [0.25, 0.3) is 0 Å². The Morgan fingerprint density at radius 1 is 1.17 bits per heavy atom. The van der Waals surface area contributed by atoms with Crippen LogP contribution in [0.4, 0.5) is 0 Å². The minimum Gasteiger partial charge on any atom is -0.777 e. The molecule has 0 aromatic carbocycles. The van der Waals surface area contributed by atoms with Crippen molar-refractivity contribution < 1.29 is 26.8 Å². The number of ether oxygens (including phenoxy) is 1. The highest BCUT2D eigenvalue weighted by Crippen LogP contribution is 2.50. The minimum atomic E-state index is -4.13. The Hall–Kier alpha value is -0.100. The largest absolute Gasteiger partial charge is 0.777 e. The van der Waals surface area contributed by atoms with Gasteiger partial charge in [0.2, 0.25) is 10.0 Å². The Morgan fingerprint density at radius 2 is 1.70 bits per heavy atom. The molecule has 0 bridgehead atoms. The minimum absolute atomic E-state index is 0.0358. The lowest BCUT2D eigenvalue weighted by molar-refractivity contribution is -0.0871. The topological polar surface area (TPSA) is 134 Å². The van der Waals surface area contributed by atoms with E-state index in [1.54, 1.807) is 20.8 Å². The maximum atomic E-state index is 12.7. The molecule has 0 aliphatic heterocycles. The lowest BCUT2D eigenvalue weighted by Crippen LogP contribution is -2.51. The highest BCUT2D eigenvalue weighted by atomic mass is 32.2. The van der Waals surface area contributed by atoms with Crippen molar-refractivity contribution in [3.63, 3.8) is 0 Å². The first kappa shape index (κ1) is 29.9. The molecule has 0 aromatic heterocycles. The molecule has 0 saturated heterocycles. The molecule has 0 heterocycles. The fourth-order valence-corrected chi connectivity index (χ4v) is 5.05. The molecule has 0 amide bonds. The van der Waals surface area contributed by atoms with Crippen LogP contribution in [-0.2, 0) is 28.4 Å². The summed E-state index contributed by atoms with van der Waals surface area (Å²) in [5.41, 5.74) is 4.46. The number of hydrogen-bond acceptors (Lipinski definition) is 8. The third kappa shape index (κ3) is 9.58. The molecule has 10 nitrogen and oxygen atoms in total. The van der Waals surface area contributed by atoms with Crippen LogP contribution in [0.5, 0.6) is 0 Å². The van der Waals surface area contributed by atoms with Gasteiger partial charge in [0.05, 0.1) is 31.7 Å². The normalized spacial score (nSPS) is 17.9. The lowest BCUT2D eigenvalue weighted by Gasteiger charge is -2.39. The molecule has 0 fully saturated rings. The zero-order valence-electron chi connectivity index (χ0n) is 19.9. The van der Waals surface area contributed by atoms with E-state index in [9.17, 15) is 18.2 Å². The Balaban J connectivity index is 5.75. The van der Waals surface area contributed by atoms with E-state index in [1.165, 1.54) is 4.31 Å². The van der Waals surface area contributed by atoms with Gasteiger partial charge in [-0.05, 0) is 46.6 Å². The molecule has 1 unspecified atom stereocenters. The molecular weight excluding hydrogens is 433 g/mol. The van der Waals surface area contributed by atoms with E-state index in [2.05, 4.69) is 0 Å². The molecule has 0 aliphatic carbocycles. The first-order valence-corrected chi connectivity index (χ1v) is 13.4. The molecule has 0 saturated carbocycles. The summed E-state index contributed by atoms with van der Waals surface area (Å²) in [6.45, 7) is 12.9. The second-order valence-corrected chi connectivity index (χ2v) is 13.0. The summed E-state index contributed by atoms with van der Waals surface area (Å²) >= 11 is 0. The van der Waals surface area contributed by atoms with E-state index in [1.807, 2.05) is 27.7 Å². The number of nitrogens with two attached hydrogens (primary N) is 1. The van der Waals surface area contributed by atoms with Gasteiger partial charge in [-0.1, -0.05) is 20.8 Å². The van der Waals surface area contributed by atoms with Crippen LogP contribution in [0.3, 0.4) is 0 Å². The Kier molecular flexibility index (Phi) is 11.6. The second-order valence-electron chi connectivity index (χ2n) is 9.06. The predicted octanol–water partition coefficient (Wildman–Crippen LogP) is 2.79. The summed E-state index contributed by atoms with van der Waals surface area (Å²) < 4.78 is 55.4. The summed E-state index contributed by atoms with van der Waals surface area (Å²) in [5, 5.41) is 11.8. The Bertz CT molecular complexity index is 665. The molecule has 0 aliphatic rings. The molecule has 0 aromatic rings. The average Bonchev–Trinajstić information content (AvgIpc) is 2.59. The fourth-order valence-electron chi connectivity index (χ4n) is 2.53. The quantitative estimate of drug-likeness (QED) is 0.298. The van der Waals surface area contributed by atoms with E-state index in [0.717, 1.165) is 19.7 Å². The molecule has 2 N–H and O–H groups in total. The van der Waals surface area contributed by atoms with E-state index < -0.39 is 29.4 Å². The van der Waals surface area contributed by atoms with Crippen LogP contribution < -0.4 is 5.73 Å². The number of rotatable bonds is 14. The molecule has 0 spiro atoms. The van der Waals surface area contributed by atoms with Crippen LogP contribution >= 0.6 is 7.75 Å². The van der Waals surface area contributed by atoms with Crippen LogP contribution in [0.1, 0.15) is 54.9 Å². The van der Waals surface area contributed by atoms with E-state index in [0.29, 0.717) is 0 Å². The second kappa shape index (κ2) is 11.7. The van der Waals surface area contributed by atoms with Gasteiger partial charge in [-0.25, -0.2) is 13.0 Å². The Labute approximate surface area is 182 Å². The number of sulfonamides is 1.